The van der Waals surface area contributed by atoms with E-state index in [0.717, 1.165) is 44.0 Å². The molecule has 0 unspecified atom stereocenters. The van der Waals surface area contributed by atoms with Gasteiger partial charge in [0.1, 0.15) is 5.75 Å². The second kappa shape index (κ2) is 9.42. The Morgan fingerprint density at radius 2 is 1.81 bits per heavy atom. The van der Waals surface area contributed by atoms with E-state index in [1.54, 1.807) is 6.07 Å². The first-order valence-corrected chi connectivity index (χ1v) is 9.91. The third-order valence-corrected chi connectivity index (χ3v) is 5.16. The van der Waals surface area contributed by atoms with E-state index in [9.17, 15) is 9.90 Å². The van der Waals surface area contributed by atoms with Gasteiger partial charge in [-0.15, -0.1) is 0 Å². The molecule has 1 aliphatic heterocycles. The number of carbonyl (C=O) groups is 1. The monoisotopic (exact) mass is 368 g/mol. The lowest BCUT2D eigenvalue weighted by atomic mass is 10.1. The molecule has 1 saturated heterocycles. The smallest absolute Gasteiger partial charge is 0.279 e. The van der Waals surface area contributed by atoms with Gasteiger partial charge in [-0.2, -0.15) is 0 Å². The third-order valence-electron chi connectivity index (χ3n) is 5.16. The van der Waals surface area contributed by atoms with Gasteiger partial charge in [0.2, 0.25) is 0 Å². The molecule has 0 atom stereocenters. The largest absolute Gasteiger partial charge is 0.506 e. The fourth-order valence-electron chi connectivity index (χ4n) is 3.54. The lowest BCUT2D eigenvalue weighted by Crippen LogP contribution is -3.15. The van der Waals surface area contributed by atoms with E-state index in [-0.39, 0.29) is 5.91 Å². The number of piperazine rings is 1. The quantitative estimate of drug-likeness (QED) is 0.701. The van der Waals surface area contributed by atoms with Crippen molar-refractivity contribution in [3.8, 4) is 5.75 Å². The number of phenolic OH excluding ortho intramolecular Hbond substituents is 1. The highest BCUT2D eigenvalue weighted by Crippen LogP contribution is 2.25. The first kappa shape index (κ1) is 19.2. The number of carbonyl (C=O) groups excluding carboxylic acids is 1. The van der Waals surface area contributed by atoms with Crippen LogP contribution in [0.3, 0.4) is 0 Å². The molecule has 0 radical (unpaired) electrons. The lowest BCUT2D eigenvalue weighted by molar-refractivity contribution is -0.892. The van der Waals surface area contributed by atoms with Gasteiger partial charge < -0.3 is 20.2 Å². The Bertz CT molecular complexity index is 737. The number of aryl methyl sites for hydroxylation is 1. The van der Waals surface area contributed by atoms with Crippen LogP contribution in [-0.2, 0) is 11.2 Å². The molecule has 1 fully saturated rings. The van der Waals surface area contributed by atoms with E-state index >= 15 is 0 Å². The molecule has 27 heavy (non-hydrogen) atoms. The van der Waals surface area contributed by atoms with Gasteiger partial charge in [-0.25, -0.2) is 0 Å². The van der Waals surface area contributed by atoms with Crippen molar-refractivity contribution in [1.82, 2.24) is 0 Å². The lowest BCUT2D eigenvalue weighted by Gasteiger charge is -2.33. The van der Waals surface area contributed by atoms with Gasteiger partial charge in [-0.05, 0) is 42.7 Å². The summed E-state index contributed by atoms with van der Waals surface area (Å²) >= 11 is 0. The molecule has 1 amide bonds. The van der Waals surface area contributed by atoms with Crippen LogP contribution in [0.15, 0.2) is 48.5 Å². The Labute approximate surface area is 161 Å². The summed E-state index contributed by atoms with van der Waals surface area (Å²) in [5, 5.41) is 13.0. The number of phenols is 1. The second-order valence-corrected chi connectivity index (χ2v) is 7.25. The molecule has 0 saturated carbocycles. The highest BCUT2D eigenvalue weighted by molar-refractivity contribution is 5.91. The highest BCUT2D eigenvalue weighted by atomic mass is 16.3. The van der Waals surface area contributed by atoms with Gasteiger partial charge in [0.25, 0.3) is 5.91 Å². The number of amides is 1. The summed E-state index contributed by atoms with van der Waals surface area (Å²) in [7, 11) is 0. The minimum absolute atomic E-state index is 0.0577. The van der Waals surface area contributed by atoms with Crippen LogP contribution < -0.4 is 15.1 Å². The van der Waals surface area contributed by atoms with Crippen LogP contribution in [0.4, 0.5) is 11.4 Å². The fourth-order valence-corrected chi connectivity index (χ4v) is 3.54. The second-order valence-electron chi connectivity index (χ2n) is 7.25. The maximum absolute atomic E-state index is 12.4. The highest BCUT2D eigenvalue weighted by Gasteiger charge is 2.23. The molecule has 2 aromatic rings. The van der Waals surface area contributed by atoms with Crippen molar-refractivity contribution in [3.05, 3.63) is 54.1 Å². The summed E-state index contributed by atoms with van der Waals surface area (Å²) in [6.45, 7) is 6.12. The molecular weight excluding hydrogens is 338 g/mol. The van der Waals surface area contributed by atoms with Gasteiger partial charge in [0.15, 0.2) is 6.54 Å². The van der Waals surface area contributed by atoms with Gasteiger partial charge in [0, 0.05) is 5.69 Å². The molecule has 5 heteroatoms. The zero-order valence-corrected chi connectivity index (χ0v) is 16.1. The molecule has 2 aromatic carbocycles. The maximum atomic E-state index is 12.4. The molecule has 0 aliphatic carbocycles. The number of rotatable bonds is 7. The zero-order valence-electron chi connectivity index (χ0n) is 16.1. The van der Waals surface area contributed by atoms with Gasteiger partial charge in [0.05, 0.1) is 31.9 Å². The molecule has 3 N–H and O–H groups in total. The van der Waals surface area contributed by atoms with E-state index < -0.39 is 0 Å². The number of unbranched alkanes of at least 4 members (excludes halogenated alkanes) is 1. The van der Waals surface area contributed by atoms with Crippen molar-refractivity contribution in [2.45, 2.75) is 26.2 Å². The number of hydrogen-bond acceptors (Lipinski definition) is 3. The molecular formula is C22H30N3O2+. The van der Waals surface area contributed by atoms with Crippen LogP contribution >= 0.6 is 0 Å². The van der Waals surface area contributed by atoms with Gasteiger partial charge in [-0.1, -0.05) is 37.6 Å². The Morgan fingerprint density at radius 1 is 1.11 bits per heavy atom. The van der Waals surface area contributed by atoms with Crippen LogP contribution in [-0.4, -0.2) is 43.7 Å². The summed E-state index contributed by atoms with van der Waals surface area (Å²) < 4.78 is 0. The molecule has 0 aromatic heterocycles. The fraction of sp³-hybridized carbons (Fsp3) is 0.409. The zero-order chi connectivity index (χ0) is 19.1. The number of quaternary nitrogens is 1. The maximum Gasteiger partial charge on any atom is 0.279 e. The van der Waals surface area contributed by atoms with E-state index in [4.69, 9.17) is 0 Å². The number of nitrogens with zero attached hydrogens (tertiary/aromatic N) is 1. The summed E-state index contributed by atoms with van der Waals surface area (Å²) in [6, 6.07) is 15.6. The molecule has 144 valence electrons. The summed E-state index contributed by atoms with van der Waals surface area (Å²) in [5.41, 5.74) is 3.07. The van der Waals surface area contributed by atoms with E-state index in [2.05, 4.69) is 29.3 Å². The predicted octanol–water partition coefficient (Wildman–Crippen LogP) is 2.08. The van der Waals surface area contributed by atoms with E-state index in [1.807, 2.05) is 30.3 Å². The van der Waals surface area contributed by atoms with Crippen LogP contribution in [0, 0.1) is 0 Å². The number of benzene rings is 2. The Kier molecular flexibility index (Phi) is 6.71. The van der Waals surface area contributed by atoms with E-state index in [0.29, 0.717) is 12.3 Å². The SMILES string of the molecule is CCCCc1ccc(NC(=O)C[NH+]2CCN(c3ccccc3O)CC2)cc1. The van der Waals surface area contributed by atoms with Crippen LogP contribution in [0.5, 0.6) is 5.75 Å². The first-order valence-electron chi connectivity index (χ1n) is 9.91. The van der Waals surface area contributed by atoms with Crippen molar-refractivity contribution in [3.63, 3.8) is 0 Å². The molecule has 1 aliphatic rings. The third kappa shape index (κ3) is 5.47. The predicted molar refractivity (Wildman–Crippen MR) is 110 cm³/mol. The summed E-state index contributed by atoms with van der Waals surface area (Å²) in [5.74, 6) is 0.378. The molecule has 3 rings (SSSR count). The molecule has 0 bridgehead atoms. The molecule has 1 heterocycles. The van der Waals surface area contributed by atoms with Gasteiger partial charge in [-0.3, -0.25) is 4.79 Å². The number of para-hydroxylation sites is 2. The Hall–Kier alpha value is -2.53. The van der Waals surface area contributed by atoms with Crippen molar-refractivity contribution in [2.75, 3.05) is 42.9 Å². The number of hydrogen-bond donors (Lipinski definition) is 3. The minimum atomic E-state index is 0.0577. The van der Waals surface area contributed by atoms with Crippen molar-refractivity contribution in [1.29, 1.82) is 0 Å². The van der Waals surface area contributed by atoms with Crippen LogP contribution in [0.1, 0.15) is 25.3 Å². The van der Waals surface area contributed by atoms with Crippen molar-refractivity contribution < 1.29 is 14.8 Å². The van der Waals surface area contributed by atoms with Crippen molar-refractivity contribution >= 4 is 17.3 Å². The van der Waals surface area contributed by atoms with E-state index in [1.165, 1.54) is 23.3 Å². The number of anilines is 2. The Balaban J connectivity index is 1.45. The normalized spacial score (nSPS) is 14.9. The summed E-state index contributed by atoms with van der Waals surface area (Å²) in [6.07, 6.45) is 3.48. The molecule has 0 spiro atoms. The average Bonchev–Trinajstić information content (AvgIpc) is 2.68. The van der Waals surface area contributed by atoms with Crippen LogP contribution in [0.2, 0.25) is 0 Å². The topological polar surface area (TPSA) is 57.0 Å². The molecule has 5 nitrogen and oxygen atoms in total. The number of aromatic hydroxyl groups is 1. The van der Waals surface area contributed by atoms with Gasteiger partial charge >= 0.3 is 0 Å². The first-order chi connectivity index (χ1) is 13.2. The minimum Gasteiger partial charge on any atom is -0.506 e. The number of nitrogens with one attached hydrogen (secondary N) is 2. The van der Waals surface area contributed by atoms with Crippen LogP contribution in [0.25, 0.3) is 0 Å². The summed E-state index contributed by atoms with van der Waals surface area (Å²) in [4.78, 5) is 15.8. The Morgan fingerprint density at radius 3 is 2.48 bits per heavy atom. The standard InChI is InChI=1S/C22H29N3O2/c1-2-3-6-18-9-11-19(12-10-18)23-22(27)17-24-13-15-25(16-14-24)20-7-4-5-8-21(20)26/h4-5,7-12,26H,2-3,6,13-17H2,1H3,(H,23,27)/p+1. The van der Waals surface area contributed by atoms with Crippen molar-refractivity contribution in [2.24, 2.45) is 0 Å². The average molecular weight is 369 g/mol.